The minimum absolute atomic E-state index is 0.0566. The molecular formula is C20H28N2. The summed E-state index contributed by atoms with van der Waals surface area (Å²) in [6, 6.07) is 20.9. The van der Waals surface area contributed by atoms with Crippen LogP contribution >= 0.6 is 0 Å². The lowest BCUT2D eigenvalue weighted by atomic mass is 9.75. The normalized spacial score (nSPS) is 16.4. The molecule has 0 amide bonds. The highest BCUT2D eigenvalue weighted by atomic mass is 15.1. The number of para-hydroxylation sites is 2. The number of nitrogens with one attached hydrogen (secondary N) is 2. The van der Waals surface area contributed by atoms with Crippen LogP contribution in [0.5, 0.6) is 0 Å². The Morgan fingerprint density at radius 1 is 0.636 bits per heavy atom. The van der Waals surface area contributed by atoms with Crippen LogP contribution in [0.25, 0.3) is 0 Å². The molecule has 2 N–H and O–H groups in total. The molecule has 0 saturated heterocycles. The summed E-state index contributed by atoms with van der Waals surface area (Å²) < 4.78 is 0. The van der Waals surface area contributed by atoms with Crippen molar-refractivity contribution in [2.24, 2.45) is 0 Å². The molecule has 2 heteroatoms. The molecule has 0 radical (unpaired) electrons. The maximum atomic E-state index is 3.75. The van der Waals surface area contributed by atoms with Gasteiger partial charge in [-0.25, -0.2) is 0 Å². The van der Waals surface area contributed by atoms with Crippen molar-refractivity contribution in [3.05, 3.63) is 60.7 Å². The first-order chi connectivity index (χ1) is 10.5. The van der Waals surface area contributed by atoms with E-state index in [1.165, 1.54) is 11.4 Å². The SMILES string of the molecule is CCC(C)(Nc1ccccc1)C(C)(CC)Nc1ccccc1. The van der Waals surface area contributed by atoms with Crippen LogP contribution in [-0.2, 0) is 0 Å². The van der Waals surface area contributed by atoms with E-state index in [1.54, 1.807) is 0 Å². The second-order valence-electron chi connectivity index (χ2n) is 6.35. The van der Waals surface area contributed by atoms with Gasteiger partial charge in [0.15, 0.2) is 0 Å². The third kappa shape index (κ3) is 3.44. The number of rotatable bonds is 7. The maximum absolute atomic E-state index is 3.75. The van der Waals surface area contributed by atoms with E-state index in [0.717, 1.165) is 12.8 Å². The number of anilines is 2. The van der Waals surface area contributed by atoms with Gasteiger partial charge < -0.3 is 10.6 Å². The fourth-order valence-corrected chi connectivity index (χ4v) is 2.91. The summed E-state index contributed by atoms with van der Waals surface area (Å²) in [4.78, 5) is 0. The topological polar surface area (TPSA) is 24.1 Å². The molecule has 0 heterocycles. The van der Waals surface area contributed by atoms with Crippen molar-refractivity contribution in [2.45, 2.75) is 51.6 Å². The van der Waals surface area contributed by atoms with Crippen LogP contribution in [0.4, 0.5) is 11.4 Å². The maximum Gasteiger partial charge on any atom is 0.0569 e. The Hall–Kier alpha value is -1.96. The fourth-order valence-electron chi connectivity index (χ4n) is 2.91. The van der Waals surface area contributed by atoms with Gasteiger partial charge in [-0.2, -0.15) is 0 Å². The van der Waals surface area contributed by atoms with Crippen molar-refractivity contribution < 1.29 is 0 Å². The van der Waals surface area contributed by atoms with E-state index >= 15 is 0 Å². The van der Waals surface area contributed by atoms with Crippen molar-refractivity contribution in [1.82, 2.24) is 0 Å². The molecule has 0 fully saturated rings. The molecule has 0 aliphatic carbocycles. The largest absolute Gasteiger partial charge is 0.378 e. The van der Waals surface area contributed by atoms with Crippen molar-refractivity contribution in [3.63, 3.8) is 0 Å². The van der Waals surface area contributed by atoms with E-state index < -0.39 is 0 Å². The Bertz CT molecular complexity index is 513. The molecule has 0 saturated carbocycles. The summed E-state index contributed by atoms with van der Waals surface area (Å²) in [6.45, 7) is 9.10. The average molecular weight is 296 g/mol. The lowest BCUT2D eigenvalue weighted by Crippen LogP contribution is -2.59. The number of hydrogen-bond donors (Lipinski definition) is 2. The summed E-state index contributed by atoms with van der Waals surface area (Å²) in [5, 5.41) is 7.51. The van der Waals surface area contributed by atoms with E-state index in [4.69, 9.17) is 0 Å². The summed E-state index contributed by atoms with van der Waals surface area (Å²) in [7, 11) is 0. The first-order valence-corrected chi connectivity index (χ1v) is 8.19. The monoisotopic (exact) mass is 296 g/mol. The molecule has 0 aromatic heterocycles. The summed E-state index contributed by atoms with van der Waals surface area (Å²) >= 11 is 0. The molecule has 22 heavy (non-hydrogen) atoms. The molecule has 2 nitrogen and oxygen atoms in total. The van der Waals surface area contributed by atoms with E-state index in [-0.39, 0.29) is 11.1 Å². The molecule has 0 bridgehead atoms. The summed E-state index contributed by atoms with van der Waals surface area (Å²) in [5.41, 5.74) is 2.22. The second kappa shape index (κ2) is 6.87. The predicted molar refractivity (Wildman–Crippen MR) is 97.5 cm³/mol. The van der Waals surface area contributed by atoms with E-state index in [9.17, 15) is 0 Å². The van der Waals surface area contributed by atoms with Crippen LogP contribution in [0, 0.1) is 0 Å². The Balaban J connectivity index is 2.28. The van der Waals surface area contributed by atoms with Gasteiger partial charge in [0.25, 0.3) is 0 Å². The highest BCUT2D eigenvalue weighted by Gasteiger charge is 2.42. The van der Waals surface area contributed by atoms with Crippen LogP contribution in [0.15, 0.2) is 60.7 Å². The minimum Gasteiger partial charge on any atom is -0.378 e. The van der Waals surface area contributed by atoms with Gasteiger partial charge in [0.05, 0.1) is 11.1 Å². The predicted octanol–water partition coefficient (Wildman–Crippen LogP) is 5.55. The highest BCUT2D eigenvalue weighted by molar-refractivity contribution is 5.51. The Labute approximate surface area is 135 Å². The smallest absolute Gasteiger partial charge is 0.0569 e. The lowest BCUT2D eigenvalue weighted by Gasteiger charge is -2.48. The van der Waals surface area contributed by atoms with Crippen molar-refractivity contribution >= 4 is 11.4 Å². The van der Waals surface area contributed by atoms with Crippen molar-refractivity contribution in [1.29, 1.82) is 0 Å². The Morgan fingerprint density at radius 3 is 1.23 bits per heavy atom. The van der Waals surface area contributed by atoms with Crippen molar-refractivity contribution in [2.75, 3.05) is 10.6 Å². The second-order valence-corrected chi connectivity index (χ2v) is 6.35. The van der Waals surface area contributed by atoms with Gasteiger partial charge in [-0.3, -0.25) is 0 Å². The highest BCUT2D eigenvalue weighted by Crippen LogP contribution is 2.35. The molecule has 2 unspecified atom stereocenters. The zero-order valence-electron chi connectivity index (χ0n) is 14.2. The average Bonchev–Trinajstić information content (AvgIpc) is 2.56. The lowest BCUT2D eigenvalue weighted by molar-refractivity contribution is 0.295. The minimum atomic E-state index is -0.0566. The molecule has 2 rings (SSSR count). The van der Waals surface area contributed by atoms with Gasteiger partial charge in [-0.05, 0) is 51.0 Å². The van der Waals surface area contributed by atoms with Crippen LogP contribution in [0.1, 0.15) is 40.5 Å². The van der Waals surface area contributed by atoms with Gasteiger partial charge in [-0.15, -0.1) is 0 Å². The van der Waals surface area contributed by atoms with Gasteiger partial charge in [0.2, 0.25) is 0 Å². The van der Waals surface area contributed by atoms with Crippen molar-refractivity contribution in [3.8, 4) is 0 Å². The molecule has 0 aliphatic rings. The number of benzene rings is 2. The summed E-state index contributed by atoms with van der Waals surface area (Å²) in [5.74, 6) is 0. The number of hydrogen-bond acceptors (Lipinski definition) is 2. The summed E-state index contributed by atoms with van der Waals surface area (Å²) in [6.07, 6.45) is 2.07. The van der Waals surface area contributed by atoms with Crippen LogP contribution < -0.4 is 10.6 Å². The molecular weight excluding hydrogens is 268 g/mol. The quantitative estimate of drug-likeness (QED) is 0.700. The standard InChI is InChI=1S/C20H28N2/c1-5-19(3,21-17-13-9-7-10-14-17)20(4,6-2)22-18-15-11-8-12-16-18/h7-16,21-22H,5-6H2,1-4H3. The fraction of sp³-hybridized carbons (Fsp3) is 0.400. The molecule has 0 spiro atoms. The third-order valence-corrected chi connectivity index (χ3v) is 5.02. The third-order valence-electron chi connectivity index (χ3n) is 5.02. The van der Waals surface area contributed by atoms with E-state index in [2.05, 4.69) is 99.0 Å². The zero-order chi connectivity index (χ0) is 16.1. The van der Waals surface area contributed by atoms with Gasteiger partial charge in [0.1, 0.15) is 0 Å². The van der Waals surface area contributed by atoms with E-state index in [0.29, 0.717) is 0 Å². The molecule has 0 aliphatic heterocycles. The Kier molecular flexibility index (Phi) is 5.12. The molecule has 2 aromatic rings. The first-order valence-electron chi connectivity index (χ1n) is 8.19. The molecule has 2 atom stereocenters. The van der Waals surface area contributed by atoms with Crippen LogP contribution in [0.3, 0.4) is 0 Å². The van der Waals surface area contributed by atoms with Crippen LogP contribution in [0.2, 0.25) is 0 Å². The van der Waals surface area contributed by atoms with E-state index in [1.807, 2.05) is 0 Å². The van der Waals surface area contributed by atoms with Gasteiger partial charge in [-0.1, -0.05) is 50.2 Å². The first kappa shape index (κ1) is 16.4. The van der Waals surface area contributed by atoms with Gasteiger partial charge >= 0.3 is 0 Å². The van der Waals surface area contributed by atoms with Gasteiger partial charge in [0, 0.05) is 11.4 Å². The molecule has 2 aromatic carbocycles. The Morgan fingerprint density at radius 2 is 0.955 bits per heavy atom. The van der Waals surface area contributed by atoms with Crippen LogP contribution in [-0.4, -0.2) is 11.1 Å². The molecule has 118 valence electrons. The zero-order valence-corrected chi connectivity index (χ0v) is 14.2.